The number of hydrogen-bond acceptors (Lipinski definition) is 5. The number of nitrogens with zero attached hydrogens (tertiary/aromatic N) is 1. The van der Waals surface area contributed by atoms with Gasteiger partial charge in [-0.2, -0.15) is 0 Å². The van der Waals surface area contributed by atoms with Crippen LogP contribution in [0.1, 0.15) is 16.8 Å². The highest BCUT2D eigenvalue weighted by Crippen LogP contribution is 2.27. The summed E-state index contributed by atoms with van der Waals surface area (Å²) in [5, 5.41) is 5.86. The lowest BCUT2D eigenvalue weighted by molar-refractivity contribution is -0.119. The van der Waals surface area contributed by atoms with Gasteiger partial charge in [-0.3, -0.25) is 4.79 Å². The molecule has 1 heterocycles. The predicted octanol–water partition coefficient (Wildman–Crippen LogP) is 5.19. The Morgan fingerprint density at radius 3 is 2.38 bits per heavy atom. The average molecular weight is 526 g/mol. The lowest BCUT2D eigenvalue weighted by atomic mass is 10.0. The molecule has 10 heteroatoms. The molecule has 2 atom stereocenters. The van der Waals surface area contributed by atoms with Gasteiger partial charge in [0.1, 0.15) is 11.9 Å². The lowest BCUT2D eigenvalue weighted by Gasteiger charge is -2.24. The van der Waals surface area contributed by atoms with Crippen molar-refractivity contribution in [3.05, 3.63) is 83.1 Å². The van der Waals surface area contributed by atoms with E-state index in [1.165, 1.54) is 31.3 Å². The highest BCUT2D eigenvalue weighted by molar-refractivity contribution is 6.30. The molecular weight excluding hydrogens is 501 g/mol. The zero-order valence-corrected chi connectivity index (χ0v) is 20.9. The molecule has 37 heavy (non-hydrogen) atoms. The quantitative estimate of drug-likeness (QED) is 0.432. The zero-order chi connectivity index (χ0) is 26.5. The summed E-state index contributed by atoms with van der Waals surface area (Å²) >= 11 is 5.90. The van der Waals surface area contributed by atoms with Crippen LogP contribution in [0.4, 0.5) is 20.6 Å². The summed E-state index contributed by atoms with van der Waals surface area (Å²) in [7, 11) is 2.79. The minimum atomic E-state index is -0.868. The molecule has 3 aromatic rings. The van der Waals surface area contributed by atoms with Gasteiger partial charge in [-0.15, -0.1) is 0 Å². The van der Waals surface area contributed by atoms with Crippen LogP contribution in [0.3, 0.4) is 0 Å². The number of likely N-dealkylation sites (tertiary alicyclic amines) is 1. The normalized spacial score (nSPS) is 16.8. The Labute approximate surface area is 218 Å². The Bertz CT molecular complexity index is 1320. The molecule has 1 saturated heterocycles. The Morgan fingerprint density at radius 2 is 1.70 bits per heavy atom. The van der Waals surface area contributed by atoms with Gasteiger partial charge >= 0.3 is 12.0 Å². The van der Waals surface area contributed by atoms with E-state index in [-0.39, 0.29) is 24.8 Å². The third-order valence-electron chi connectivity index (χ3n) is 6.10. The van der Waals surface area contributed by atoms with Crippen molar-refractivity contribution in [3.63, 3.8) is 0 Å². The number of nitrogens with one attached hydrogen (secondary N) is 2. The molecule has 3 amide bonds. The van der Waals surface area contributed by atoms with Gasteiger partial charge in [0.25, 0.3) is 0 Å². The molecule has 3 aromatic carbocycles. The molecule has 1 aliphatic heterocycles. The number of amides is 3. The largest absolute Gasteiger partial charge is 0.465 e. The van der Waals surface area contributed by atoms with E-state index in [2.05, 4.69) is 10.6 Å². The van der Waals surface area contributed by atoms with Crippen molar-refractivity contribution in [2.45, 2.75) is 18.6 Å². The van der Waals surface area contributed by atoms with Gasteiger partial charge in [-0.25, -0.2) is 14.0 Å². The predicted molar refractivity (Wildman–Crippen MR) is 138 cm³/mol. The van der Waals surface area contributed by atoms with E-state index in [1.54, 1.807) is 54.6 Å². The van der Waals surface area contributed by atoms with Crippen LogP contribution in [0, 0.1) is 5.82 Å². The Kier molecular flexibility index (Phi) is 8.05. The molecule has 2 N–H and O–H groups in total. The average Bonchev–Trinajstić information content (AvgIpc) is 3.36. The minimum absolute atomic E-state index is 0.0307. The van der Waals surface area contributed by atoms with Crippen LogP contribution < -0.4 is 10.6 Å². The van der Waals surface area contributed by atoms with Crippen LogP contribution >= 0.6 is 11.6 Å². The summed E-state index contributed by atoms with van der Waals surface area (Å²) in [6.45, 7) is 0.200. The summed E-state index contributed by atoms with van der Waals surface area (Å²) in [5.74, 6) is -1.69. The van der Waals surface area contributed by atoms with Crippen LogP contribution in [0.15, 0.2) is 66.7 Å². The van der Waals surface area contributed by atoms with Gasteiger partial charge < -0.3 is 25.0 Å². The fraction of sp³-hybridized carbons (Fsp3) is 0.222. The standard InChI is InChI=1S/C27H25ClFN3O5/c1-36-21-14-24(32(15-21)27(35)30-20-9-7-19(28)8-10-20)25(33)31-23-11-6-17(13-22(23)29)16-4-3-5-18(12-16)26(34)37-2/h3-13,21,24H,14-15H2,1-2H3,(H,30,35)(H,31,33). The first-order valence-corrected chi connectivity index (χ1v) is 11.8. The molecule has 0 aliphatic carbocycles. The van der Waals surface area contributed by atoms with Crippen LogP contribution in [-0.2, 0) is 14.3 Å². The van der Waals surface area contributed by atoms with Crippen molar-refractivity contribution >= 4 is 40.9 Å². The first-order valence-electron chi connectivity index (χ1n) is 11.4. The fourth-order valence-electron chi connectivity index (χ4n) is 4.13. The summed E-state index contributed by atoms with van der Waals surface area (Å²) < 4.78 is 25.1. The number of urea groups is 1. The monoisotopic (exact) mass is 525 g/mol. The van der Waals surface area contributed by atoms with Crippen LogP contribution in [0.2, 0.25) is 5.02 Å². The number of halogens is 2. The van der Waals surface area contributed by atoms with E-state index in [0.29, 0.717) is 27.4 Å². The second-order valence-electron chi connectivity index (χ2n) is 8.45. The second kappa shape index (κ2) is 11.4. The van der Waals surface area contributed by atoms with Crippen molar-refractivity contribution in [3.8, 4) is 11.1 Å². The number of rotatable bonds is 6. The van der Waals surface area contributed by atoms with E-state index in [9.17, 15) is 18.8 Å². The maximum atomic E-state index is 15.0. The van der Waals surface area contributed by atoms with Crippen molar-refractivity contribution in [2.75, 3.05) is 31.4 Å². The van der Waals surface area contributed by atoms with E-state index >= 15 is 0 Å². The Morgan fingerprint density at radius 1 is 0.973 bits per heavy atom. The van der Waals surface area contributed by atoms with Gasteiger partial charge in [0.05, 0.1) is 24.5 Å². The van der Waals surface area contributed by atoms with Crippen LogP contribution in [0.25, 0.3) is 11.1 Å². The zero-order valence-electron chi connectivity index (χ0n) is 20.2. The first-order chi connectivity index (χ1) is 17.8. The molecule has 1 aliphatic rings. The number of carbonyl (C=O) groups is 3. The van der Waals surface area contributed by atoms with Crippen molar-refractivity contribution in [1.29, 1.82) is 0 Å². The maximum absolute atomic E-state index is 15.0. The van der Waals surface area contributed by atoms with E-state index in [1.807, 2.05) is 0 Å². The molecule has 4 rings (SSSR count). The Balaban J connectivity index is 1.49. The molecule has 0 radical (unpaired) electrons. The van der Waals surface area contributed by atoms with E-state index < -0.39 is 29.8 Å². The number of ether oxygens (including phenoxy) is 2. The highest BCUT2D eigenvalue weighted by Gasteiger charge is 2.40. The third-order valence-corrected chi connectivity index (χ3v) is 6.35. The number of carbonyl (C=O) groups excluding carboxylic acids is 3. The summed E-state index contributed by atoms with van der Waals surface area (Å²) in [5.41, 5.74) is 1.96. The molecule has 2 unspecified atom stereocenters. The number of esters is 1. The summed E-state index contributed by atoms with van der Waals surface area (Å²) in [6, 6.07) is 16.2. The number of anilines is 2. The fourth-order valence-corrected chi connectivity index (χ4v) is 4.25. The van der Waals surface area contributed by atoms with Crippen molar-refractivity contribution in [1.82, 2.24) is 4.90 Å². The van der Waals surface area contributed by atoms with Crippen molar-refractivity contribution < 1.29 is 28.2 Å². The third kappa shape index (κ3) is 6.07. The first kappa shape index (κ1) is 26.1. The molecule has 0 aromatic heterocycles. The van der Waals surface area contributed by atoms with Gasteiger partial charge in [0.15, 0.2) is 0 Å². The maximum Gasteiger partial charge on any atom is 0.337 e. The molecule has 0 spiro atoms. The topological polar surface area (TPSA) is 97.0 Å². The molecule has 0 saturated carbocycles. The summed E-state index contributed by atoms with van der Waals surface area (Å²) in [6.07, 6.45) is -0.0860. The Hall–Kier alpha value is -3.95. The highest BCUT2D eigenvalue weighted by atomic mass is 35.5. The van der Waals surface area contributed by atoms with Gasteiger partial charge in [0, 0.05) is 30.8 Å². The smallest absolute Gasteiger partial charge is 0.337 e. The van der Waals surface area contributed by atoms with Crippen molar-refractivity contribution in [2.24, 2.45) is 0 Å². The van der Waals surface area contributed by atoms with Gasteiger partial charge in [0.2, 0.25) is 5.91 Å². The number of hydrogen-bond donors (Lipinski definition) is 2. The van der Waals surface area contributed by atoms with E-state index in [0.717, 1.165) is 0 Å². The number of methoxy groups -OCH3 is 2. The number of benzene rings is 3. The molecular formula is C27H25ClFN3O5. The molecule has 192 valence electrons. The molecule has 1 fully saturated rings. The molecule has 0 bridgehead atoms. The lowest BCUT2D eigenvalue weighted by Crippen LogP contribution is -2.45. The van der Waals surface area contributed by atoms with Gasteiger partial charge in [-0.05, 0) is 59.7 Å². The SMILES string of the molecule is COC(=O)c1cccc(-c2ccc(NC(=O)C3CC(OC)CN3C(=O)Nc3ccc(Cl)cc3)c(F)c2)c1. The van der Waals surface area contributed by atoms with Crippen LogP contribution in [0.5, 0.6) is 0 Å². The molecule has 8 nitrogen and oxygen atoms in total. The van der Waals surface area contributed by atoms with E-state index in [4.69, 9.17) is 21.1 Å². The minimum Gasteiger partial charge on any atom is -0.465 e. The summed E-state index contributed by atoms with van der Waals surface area (Å²) in [4.78, 5) is 39.2. The van der Waals surface area contributed by atoms with Gasteiger partial charge in [-0.1, -0.05) is 29.8 Å². The second-order valence-corrected chi connectivity index (χ2v) is 8.89. The van der Waals surface area contributed by atoms with Crippen LogP contribution in [-0.4, -0.2) is 55.7 Å².